The van der Waals surface area contributed by atoms with E-state index in [9.17, 15) is 18.0 Å². The summed E-state index contributed by atoms with van der Waals surface area (Å²) in [6, 6.07) is 5.76. The van der Waals surface area contributed by atoms with Gasteiger partial charge in [0, 0.05) is 18.8 Å². The summed E-state index contributed by atoms with van der Waals surface area (Å²) in [5.41, 5.74) is 2.86. The lowest BCUT2D eigenvalue weighted by Gasteiger charge is -2.16. The van der Waals surface area contributed by atoms with Crippen molar-refractivity contribution in [2.75, 3.05) is 24.2 Å². The second-order valence-electron chi connectivity index (χ2n) is 5.57. The molecule has 3 nitrogen and oxygen atoms in total. The monoisotopic (exact) mass is 332 g/mol. The highest BCUT2D eigenvalue weighted by atomic mass is 32.2. The number of carbonyl (C=O) groups excluding carboxylic acids is 1. The number of nitrogens with zero attached hydrogens (tertiary/aromatic N) is 1. The zero-order chi connectivity index (χ0) is 16.3. The molecule has 0 spiro atoms. The fourth-order valence-electron chi connectivity index (χ4n) is 2.41. The van der Waals surface area contributed by atoms with E-state index in [-0.39, 0.29) is 11.8 Å². The van der Waals surface area contributed by atoms with Crippen LogP contribution in [-0.2, 0) is 4.79 Å². The summed E-state index contributed by atoms with van der Waals surface area (Å²) in [4.78, 5) is 12.2. The molecule has 0 bridgehead atoms. The van der Waals surface area contributed by atoms with E-state index in [1.165, 1.54) is 0 Å². The van der Waals surface area contributed by atoms with E-state index >= 15 is 0 Å². The molecule has 1 N–H and O–H groups in total. The first-order valence-corrected chi connectivity index (χ1v) is 8.01. The number of benzene rings is 1. The van der Waals surface area contributed by atoms with E-state index < -0.39 is 11.9 Å². The first-order chi connectivity index (χ1) is 10.2. The number of halogens is 3. The second kappa shape index (κ2) is 6.91. The first kappa shape index (κ1) is 17.1. The molecular formula is C15H19F3N2OS. The molecule has 7 heteroatoms. The molecule has 1 heterocycles. The van der Waals surface area contributed by atoms with Crippen molar-refractivity contribution in [1.29, 1.82) is 0 Å². The number of hydrogen-bond donors (Lipinski definition) is 1. The average molecular weight is 332 g/mol. The summed E-state index contributed by atoms with van der Waals surface area (Å²) in [7, 11) is 0. The molecule has 1 fully saturated rings. The Labute approximate surface area is 132 Å². The average Bonchev–Trinajstić information content (AvgIpc) is 2.88. The Morgan fingerprint density at radius 2 is 2.14 bits per heavy atom. The Kier molecular flexibility index (Phi) is 5.39. The molecule has 1 aromatic carbocycles. The lowest BCUT2D eigenvalue weighted by molar-refractivity contribution is -0.119. The molecule has 1 atom stereocenters. The number of carbonyl (C=O) groups is 1. The van der Waals surface area contributed by atoms with Crippen LogP contribution in [0.3, 0.4) is 0 Å². The fraction of sp³-hybridized carbons (Fsp3) is 0.533. The molecule has 0 radical (unpaired) electrons. The third-order valence-corrected chi connectivity index (χ3v) is 4.73. The molecule has 0 aromatic heterocycles. The molecule has 0 aliphatic carbocycles. The number of alkyl halides is 3. The second-order valence-corrected chi connectivity index (χ2v) is 6.63. The summed E-state index contributed by atoms with van der Waals surface area (Å²) in [6.45, 7) is 4.76. The van der Waals surface area contributed by atoms with Gasteiger partial charge in [-0.05, 0) is 31.9 Å². The molecular weight excluding hydrogens is 313 g/mol. The van der Waals surface area contributed by atoms with E-state index in [1.54, 1.807) is 4.31 Å². The molecule has 1 aliphatic heterocycles. The van der Waals surface area contributed by atoms with Crippen LogP contribution in [0.4, 0.5) is 18.9 Å². The molecule has 1 unspecified atom stereocenters. The number of anilines is 1. The molecule has 1 aliphatic rings. The highest BCUT2D eigenvalue weighted by molar-refractivity contribution is 7.97. The summed E-state index contributed by atoms with van der Waals surface area (Å²) < 4.78 is 38.2. The maximum atomic E-state index is 12.2. The zero-order valence-electron chi connectivity index (χ0n) is 12.5. The van der Waals surface area contributed by atoms with Gasteiger partial charge >= 0.3 is 6.18 Å². The molecule has 122 valence electrons. The normalized spacial score (nSPS) is 19.4. The highest BCUT2D eigenvalue weighted by Gasteiger charge is 2.33. The maximum absolute atomic E-state index is 12.2. The molecule has 1 aromatic rings. The van der Waals surface area contributed by atoms with E-state index in [1.807, 2.05) is 32.0 Å². The molecule has 22 heavy (non-hydrogen) atoms. The van der Waals surface area contributed by atoms with Gasteiger partial charge < -0.3 is 5.32 Å². The minimum Gasteiger partial charge on any atom is -0.326 e. The quantitative estimate of drug-likeness (QED) is 0.852. The lowest BCUT2D eigenvalue weighted by atomic mass is 10.1. The van der Waals surface area contributed by atoms with Gasteiger partial charge in [-0.25, -0.2) is 4.31 Å². The van der Waals surface area contributed by atoms with Gasteiger partial charge in [-0.15, -0.1) is 0 Å². The summed E-state index contributed by atoms with van der Waals surface area (Å²) in [5.74, 6) is -1.29. The van der Waals surface area contributed by atoms with Gasteiger partial charge in [-0.2, -0.15) is 13.2 Å². The van der Waals surface area contributed by atoms with Gasteiger partial charge in [-0.1, -0.05) is 29.6 Å². The van der Waals surface area contributed by atoms with E-state index in [4.69, 9.17) is 0 Å². The van der Waals surface area contributed by atoms with Crippen molar-refractivity contribution in [1.82, 2.24) is 4.31 Å². The predicted octanol–water partition coefficient (Wildman–Crippen LogP) is 3.77. The number of amides is 1. The van der Waals surface area contributed by atoms with Gasteiger partial charge in [-0.3, -0.25) is 4.79 Å². The van der Waals surface area contributed by atoms with Crippen LogP contribution >= 0.6 is 11.9 Å². The predicted molar refractivity (Wildman–Crippen MR) is 82.7 cm³/mol. The van der Waals surface area contributed by atoms with E-state index in [2.05, 4.69) is 5.32 Å². The summed E-state index contributed by atoms with van der Waals surface area (Å²) in [5, 5.41) is 2.88. The van der Waals surface area contributed by atoms with Crippen LogP contribution in [0.25, 0.3) is 0 Å². The van der Waals surface area contributed by atoms with Crippen molar-refractivity contribution in [2.24, 2.45) is 5.92 Å². The largest absolute Gasteiger partial charge is 0.399 e. The first-order valence-electron chi connectivity index (χ1n) is 7.07. The Balaban J connectivity index is 1.86. The van der Waals surface area contributed by atoms with E-state index in [0.29, 0.717) is 19.5 Å². The van der Waals surface area contributed by atoms with Crippen LogP contribution in [0.15, 0.2) is 18.2 Å². The fourth-order valence-corrected chi connectivity index (χ4v) is 3.26. The van der Waals surface area contributed by atoms with E-state index in [0.717, 1.165) is 28.8 Å². The van der Waals surface area contributed by atoms with Gasteiger partial charge in [0.05, 0.1) is 5.92 Å². The number of nitrogens with one attached hydrogen (secondary N) is 1. The van der Waals surface area contributed by atoms with Crippen molar-refractivity contribution in [3.05, 3.63) is 29.3 Å². The minimum atomic E-state index is -4.18. The Morgan fingerprint density at radius 3 is 2.77 bits per heavy atom. The minimum absolute atomic E-state index is 0.123. The zero-order valence-corrected chi connectivity index (χ0v) is 13.4. The van der Waals surface area contributed by atoms with Gasteiger partial charge in [0.15, 0.2) is 0 Å². The van der Waals surface area contributed by atoms with Gasteiger partial charge in [0.1, 0.15) is 5.75 Å². The van der Waals surface area contributed by atoms with Crippen LogP contribution in [0.1, 0.15) is 17.5 Å². The van der Waals surface area contributed by atoms with Crippen molar-refractivity contribution in [3.8, 4) is 0 Å². The SMILES string of the molecule is Cc1ccc(NC(=O)C2CCN(SCC(F)(F)F)C2)c(C)c1. The van der Waals surface area contributed by atoms with Gasteiger partial charge in [0.25, 0.3) is 0 Å². The molecule has 0 saturated carbocycles. The van der Waals surface area contributed by atoms with Crippen molar-refractivity contribution in [2.45, 2.75) is 26.4 Å². The lowest BCUT2D eigenvalue weighted by Crippen LogP contribution is -2.26. The van der Waals surface area contributed by atoms with Crippen LogP contribution in [0.5, 0.6) is 0 Å². The number of hydrogen-bond acceptors (Lipinski definition) is 3. The van der Waals surface area contributed by atoms with Crippen LogP contribution < -0.4 is 5.32 Å². The topological polar surface area (TPSA) is 32.3 Å². The molecule has 1 amide bonds. The smallest absolute Gasteiger partial charge is 0.326 e. The third-order valence-electron chi connectivity index (χ3n) is 3.57. The van der Waals surface area contributed by atoms with Crippen molar-refractivity contribution >= 4 is 23.5 Å². The number of rotatable bonds is 4. The summed E-state index contributed by atoms with van der Waals surface area (Å²) in [6.07, 6.45) is -3.59. The molecule has 1 saturated heterocycles. The number of aryl methyl sites for hydroxylation is 2. The third kappa shape index (κ3) is 4.91. The van der Waals surface area contributed by atoms with Crippen molar-refractivity contribution < 1.29 is 18.0 Å². The van der Waals surface area contributed by atoms with Crippen LogP contribution in [-0.4, -0.2) is 35.2 Å². The highest BCUT2D eigenvalue weighted by Crippen LogP contribution is 2.29. The van der Waals surface area contributed by atoms with Crippen molar-refractivity contribution in [3.63, 3.8) is 0 Å². The molecule has 2 rings (SSSR count). The standard InChI is InChI=1S/C15H19F3N2OS/c1-10-3-4-13(11(2)7-10)19-14(21)12-5-6-20(8-12)22-9-15(16,17)18/h3-4,7,12H,5-6,8-9H2,1-2H3,(H,19,21). The van der Waals surface area contributed by atoms with Gasteiger partial charge in [0.2, 0.25) is 5.91 Å². The Bertz CT molecular complexity index is 548. The van der Waals surface area contributed by atoms with Crippen LogP contribution in [0, 0.1) is 19.8 Å². The maximum Gasteiger partial charge on any atom is 0.399 e. The van der Waals surface area contributed by atoms with Crippen LogP contribution in [0.2, 0.25) is 0 Å². The summed E-state index contributed by atoms with van der Waals surface area (Å²) >= 11 is 0.752. The Morgan fingerprint density at radius 1 is 1.41 bits per heavy atom. The Hall–Kier alpha value is -1.21.